The van der Waals surface area contributed by atoms with Crippen LogP contribution in [0.3, 0.4) is 0 Å². The number of allylic oxidation sites excluding steroid dienone is 2. The quantitative estimate of drug-likeness (QED) is 0.633. The fourth-order valence-electron chi connectivity index (χ4n) is 2.33. The zero-order chi connectivity index (χ0) is 16.1. The van der Waals surface area contributed by atoms with Gasteiger partial charge in [-0.05, 0) is 66.2 Å². The minimum Gasteiger partial charge on any atom is -0.453 e. The molecule has 22 heavy (non-hydrogen) atoms. The van der Waals surface area contributed by atoms with Crippen molar-refractivity contribution in [3.8, 4) is 0 Å². The number of aryl methyl sites for hydroxylation is 1. The van der Waals surface area contributed by atoms with Gasteiger partial charge >= 0.3 is 5.97 Å². The van der Waals surface area contributed by atoms with Crippen molar-refractivity contribution >= 4 is 33.5 Å². The Balaban J connectivity index is 1.85. The van der Waals surface area contributed by atoms with E-state index in [1.54, 1.807) is 6.92 Å². The highest BCUT2D eigenvalue weighted by Crippen LogP contribution is 2.24. The first-order valence-corrected chi connectivity index (χ1v) is 8.18. The molecule has 2 atom stereocenters. The number of benzene rings is 1. The first-order chi connectivity index (χ1) is 10.5. The summed E-state index contributed by atoms with van der Waals surface area (Å²) in [6.45, 7) is 3.55. The van der Waals surface area contributed by atoms with Gasteiger partial charge in [0.2, 0.25) is 0 Å². The molecule has 4 nitrogen and oxygen atoms in total. The van der Waals surface area contributed by atoms with Gasteiger partial charge in [0, 0.05) is 4.47 Å². The van der Waals surface area contributed by atoms with Gasteiger partial charge in [-0.3, -0.25) is 9.59 Å². The van der Waals surface area contributed by atoms with Crippen LogP contribution in [0.2, 0.25) is 0 Å². The Hall–Kier alpha value is -1.62. The number of rotatable bonds is 5. The number of anilines is 1. The molecule has 1 aliphatic carbocycles. The molecular weight excluding hydrogens is 346 g/mol. The zero-order valence-electron chi connectivity index (χ0n) is 12.8. The van der Waals surface area contributed by atoms with E-state index in [4.69, 9.17) is 4.74 Å². The molecule has 0 fully saturated rings. The highest BCUT2D eigenvalue weighted by Gasteiger charge is 2.21. The summed E-state index contributed by atoms with van der Waals surface area (Å²) in [4.78, 5) is 23.9. The van der Waals surface area contributed by atoms with Crippen molar-refractivity contribution in [1.29, 1.82) is 0 Å². The number of esters is 1. The number of nitrogens with one attached hydrogen (secondary N) is 1. The minimum atomic E-state index is -0.814. The molecule has 0 bridgehead atoms. The lowest BCUT2D eigenvalue weighted by Crippen LogP contribution is -2.30. The first-order valence-electron chi connectivity index (χ1n) is 7.39. The van der Waals surface area contributed by atoms with E-state index in [1.807, 2.05) is 31.2 Å². The molecule has 1 aromatic carbocycles. The number of ether oxygens (including phenoxy) is 1. The van der Waals surface area contributed by atoms with Crippen molar-refractivity contribution in [2.24, 2.45) is 5.92 Å². The van der Waals surface area contributed by atoms with Gasteiger partial charge in [-0.2, -0.15) is 0 Å². The molecular formula is C17H20BrNO3. The molecule has 2 rings (SSSR count). The van der Waals surface area contributed by atoms with Crippen molar-refractivity contribution in [2.45, 2.75) is 39.2 Å². The summed E-state index contributed by atoms with van der Waals surface area (Å²) in [5.41, 5.74) is 1.76. The highest BCUT2D eigenvalue weighted by atomic mass is 79.9. The third-order valence-electron chi connectivity index (χ3n) is 3.60. The van der Waals surface area contributed by atoms with Crippen LogP contribution >= 0.6 is 15.9 Å². The zero-order valence-corrected chi connectivity index (χ0v) is 14.4. The van der Waals surface area contributed by atoms with Gasteiger partial charge in [0.1, 0.15) is 0 Å². The van der Waals surface area contributed by atoms with Crippen LogP contribution in [0, 0.1) is 12.8 Å². The smallest absolute Gasteiger partial charge is 0.307 e. The summed E-state index contributed by atoms with van der Waals surface area (Å²) in [5, 5.41) is 2.76. The summed E-state index contributed by atoms with van der Waals surface area (Å²) in [5.74, 6) is -0.420. The molecule has 0 saturated carbocycles. The summed E-state index contributed by atoms with van der Waals surface area (Å²) >= 11 is 3.40. The maximum Gasteiger partial charge on any atom is 0.307 e. The molecule has 5 heteroatoms. The lowest BCUT2D eigenvalue weighted by molar-refractivity contribution is -0.153. The summed E-state index contributed by atoms with van der Waals surface area (Å²) in [6, 6.07) is 5.64. The lowest BCUT2D eigenvalue weighted by Gasteiger charge is -2.15. The molecule has 0 saturated heterocycles. The van der Waals surface area contributed by atoms with Crippen LogP contribution in [0.15, 0.2) is 34.8 Å². The van der Waals surface area contributed by atoms with Gasteiger partial charge < -0.3 is 10.1 Å². The second-order valence-corrected chi connectivity index (χ2v) is 6.43. The maximum atomic E-state index is 12.1. The summed E-state index contributed by atoms with van der Waals surface area (Å²) in [7, 11) is 0. The van der Waals surface area contributed by atoms with E-state index in [0.29, 0.717) is 12.1 Å². The lowest BCUT2D eigenvalue weighted by atomic mass is 10.1. The van der Waals surface area contributed by atoms with Crippen LogP contribution in [0.5, 0.6) is 0 Å². The van der Waals surface area contributed by atoms with Crippen LogP contribution < -0.4 is 5.32 Å². The molecule has 0 aromatic heterocycles. The highest BCUT2D eigenvalue weighted by molar-refractivity contribution is 9.10. The molecule has 0 aliphatic heterocycles. The van der Waals surface area contributed by atoms with Crippen molar-refractivity contribution in [3.05, 3.63) is 40.4 Å². The molecule has 118 valence electrons. The van der Waals surface area contributed by atoms with Crippen molar-refractivity contribution in [1.82, 2.24) is 0 Å². The third-order valence-corrected chi connectivity index (χ3v) is 4.26. The number of halogens is 1. The van der Waals surface area contributed by atoms with Gasteiger partial charge in [0.25, 0.3) is 5.91 Å². The van der Waals surface area contributed by atoms with Crippen molar-refractivity contribution in [2.75, 3.05) is 5.32 Å². The topological polar surface area (TPSA) is 55.4 Å². The van der Waals surface area contributed by atoms with Crippen molar-refractivity contribution in [3.63, 3.8) is 0 Å². The number of carbonyl (C=O) groups excluding carboxylic acids is 2. The molecule has 1 aliphatic rings. The molecule has 0 spiro atoms. The normalized spacial score (nSPS) is 18.0. The van der Waals surface area contributed by atoms with E-state index < -0.39 is 6.10 Å². The molecule has 1 N–H and O–H groups in total. The Bertz CT molecular complexity index is 598. The Labute approximate surface area is 139 Å². The number of hydrogen-bond acceptors (Lipinski definition) is 3. The van der Waals surface area contributed by atoms with Crippen molar-refractivity contribution < 1.29 is 14.3 Å². The third kappa shape index (κ3) is 4.70. The second-order valence-electron chi connectivity index (χ2n) is 5.57. The van der Waals surface area contributed by atoms with E-state index in [0.717, 1.165) is 22.9 Å². The minimum absolute atomic E-state index is 0.244. The van der Waals surface area contributed by atoms with Crippen LogP contribution in [0.4, 0.5) is 5.69 Å². The Morgan fingerprint density at radius 2 is 2.23 bits per heavy atom. The molecule has 1 aromatic rings. The molecule has 1 amide bonds. The average molecular weight is 366 g/mol. The molecule has 0 unspecified atom stereocenters. The average Bonchev–Trinajstić information content (AvgIpc) is 2.94. The Morgan fingerprint density at radius 3 is 2.86 bits per heavy atom. The second kappa shape index (κ2) is 7.58. The summed E-state index contributed by atoms with van der Waals surface area (Å²) in [6.07, 6.45) is 5.62. The predicted octanol–water partition coefficient (Wildman–Crippen LogP) is 3.98. The fraction of sp³-hybridized carbons (Fsp3) is 0.412. The number of hydrogen-bond donors (Lipinski definition) is 1. The van der Waals surface area contributed by atoms with Crippen LogP contribution in [-0.4, -0.2) is 18.0 Å². The van der Waals surface area contributed by atoms with E-state index >= 15 is 0 Å². The monoisotopic (exact) mass is 365 g/mol. The predicted molar refractivity (Wildman–Crippen MR) is 89.5 cm³/mol. The maximum absolute atomic E-state index is 12.1. The SMILES string of the molecule is Cc1ccc(NC(=O)[C@@H](C)OC(=O)C[C@H]2C=CCC2)c(Br)c1. The summed E-state index contributed by atoms with van der Waals surface area (Å²) < 4.78 is 6.01. The van der Waals surface area contributed by atoms with Gasteiger partial charge in [-0.25, -0.2) is 0 Å². The Morgan fingerprint density at radius 1 is 1.45 bits per heavy atom. The molecule has 0 radical (unpaired) electrons. The van der Waals surface area contributed by atoms with Crippen LogP contribution in [0.25, 0.3) is 0 Å². The fourth-order valence-corrected chi connectivity index (χ4v) is 2.93. The van der Waals surface area contributed by atoms with Crippen LogP contribution in [-0.2, 0) is 14.3 Å². The van der Waals surface area contributed by atoms with Gasteiger partial charge in [-0.1, -0.05) is 18.2 Å². The van der Waals surface area contributed by atoms with E-state index in [-0.39, 0.29) is 17.8 Å². The Kier molecular flexibility index (Phi) is 5.77. The van der Waals surface area contributed by atoms with Gasteiger partial charge in [0.05, 0.1) is 12.1 Å². The number of amides is 1. The van der Waals surface area contributed by atoms with Gasteiger partial charge in [0.15, 0.2) is 6.10 Å². The largest absolute Gasteiger partial charge is 0.453 e. The van der Waals surface area contributed by atoms with E-state index in [9.17, 15) is 9.59 Å². The first kappa shape index (κ1) is 16.7. The molecule has 0 heterocycles. The number of carbonyl (C=O) groups is 2. The van der Waals surface area contributed by atoms with E-state index in [2.05, 4.69) is 27.3 Å². The standard InChI is InChI=1S/C17H20BrNO3/c1-11-7-8-15(14(18)9-11)19-17(21)12(2)22-16(20)10-13-5-3-4-6-13/h3,5,7-9,12-13H,4,6,10H2,1-2H3,(H,19,21)/t12-,13+/m1/s1. The van der Waals surface area contributed by atoms with Gasteiger partial charge in [-0.15, -0.1) is 0 Å². The van der Waals surface area contributed by atoms with Crippen LogP contribution in [0.1, 0.15) is 31.7 Å². The van der Waals surface area contributed by atoms with E-state index in [1.165, 1.54) is 0 Å².